The van der Waals surface area contributed by atoms with Gasteiger partial charge in [0.05, 0.1) is 5.02 Å². The lowest BCUT2D eigenvalue weighted by molar-refractivity contribution is 0.0938. The van der Waals surface area contributed by atoms with E-state index < -0.39 is 0 Å². The zero-order valence-electron chi connectivity index (χ0n) is 11.7. The van der Waals surface area contributed by atoms with E-state index in [-0.39, 0.29) is 22.7 Å². The number of hydrogen-bond acceptors (Lipinski definition) is 2. The molecule has 0 aromatic heterocycles. The molecule has 0 radical (unpaired) electrons. The topological polar surface area (TPSA) is 49.3 Å². The predicted molar refractivity (Wildman–Crippen MR) is 78.7 cm³/mol. The summed E-state index contributed by atoms with van der Waals surface area (Å²) in [6.45, 7) is 6.39. The second kappa shape index (κ2) is 7.39. The third-order valence-electron chi connectivity index (χ3n) is 3.01. The largest absolute Gasteiger partial charge is 0.506 e. The number of carbonyl (C=O) groups is 1. The lowest BCUT2D eigenvalue weighted by Gasteiger charge is -2.14. The molecule has 1 atom stereocenters. The molecular formula is C15H22ClNO2. The molecule has 4 heteroatoms. The highest BCUT2D eigenvalue weighted by atomic mass is 35.5. The van der Waals surface area contributed by atoms with Crippen molar-refractivity contribution in [3.8, 4) is 5.75 Å². The Hall–Kier alpha value is -1.22. The normalized spacial score (nSPS) is 12.5. The van der Waals surface area contributed by atoms with Crippen molar-refractivity contribution < 1.29 is 9.90 Å². The average Bonchev–Trinajstić information content (AvgIpc) is 2.32. The summed E-state index contributed by atoms with van der Waals surface area (Å²) in [5.74, 6) is 0.529. The molecule has 1 amide bonds. The summed E-state index contributed by atoms with van der Waals surface area (Å²) in [6.07, 6.45) is 3.25. The number of aromatic hydroxyl groups is 1. The van der Waals surface area contributed by atoms with Crippen molar-refractivity contribution in [2.45, 2.75) is 46.1 Å². The van der Waals surface area contributed by atoms with Gasteiger partial charge < -0.3 is 10.4 Å². The first-order valence-electron chi connectivity index (χ1n) is 6.69. The van der Waals surface area contributed by atoms with Crippen molar-refractivity contribution in [3.63, 3.8) is 0 Å². The molecule has 0 aliphatic rings. The molecule has 3 nitrogen and oxygen atoms in total. The Morgan fingerprint density at radius 1 is 1.32 bits per heavy atom. The van der Waals surface area contributed by atoms with Crippen molar-refractivity contribution in [1.82, 2.24) is 5.32 Å². The van der Waals surface area contributed by atoms with Crippen LogP contribution in [-0.4, -0.2) is 17.1 Å². The van der Waals surface area contributed by atoms with Gasteiger partial charge in [0.2, 0.25) is 0 Å². The number of benzene rings is 1. The first-order chi connectivity index (χ1) is 8.90. The number of amides is 1. The Morgan fingerprint density at radius 3 is 2.58 bits per heavy atom. The van der Waals surface area contributed by atoms with Crippen LogP contribution in [0.2, 0.25) is 5.02 Å². The number of hydrogen-bond donors (Lipinski definition) is 2. The molecule has 19 heavy (non-hydrogen) atoms. The maximum absolute atomic E-state index is 12.0. The van der Waals surface area contributed by atoms with Crippen LogP contribution >= 0.6 is 11.6 Å². The number of rotatable bonds is 6. The number of nitrogens with one attached hydrogen (secondary N) is 1. The molecule has 0 fully saturated rings. The number of phenolic OH excluding ortho intramolecular Hbond substituents is 1. The van der Waals surface area contributed by atoms with Gasteiger partial charge in [-0.25, -0.2) is 0 Å². The molecule has 0 heterocycles. The van der Waals surface area contributed by atoms with Gasteiger partial charge in [-0.05, 0) is 37.5 Å². The van der Waals surface area contributed by atoms with Gasteiger partial charge in [0.15, 0.2) is 0 Å². The second-order valence-corrected chi connectivity index (χ2v) is 5.77. The van der Waals surface area contributed by atoms with Crippen LogP contribution in [0, 0.1) is 5.92 Å². The summed E-state index contributed by atoms with van der Waals surface area (Å²) in [6, 6.07) is 4.62. The van der Waals surface area contributed by atoms with Crippen LogP contribution in [0.1, 0.15) is 50.4 Å². The Kier molecular flexibility index (Phi) is 6.16. The minimum atomic E-state index is -0.154. The Morgan fingerprint density at radius 2 is 2.00 bits per heavy atom. The Balaban J connectivity index is 2.47. The number of carbonyl (C=O) groups excluding carboxylic acids is 1. The highest BCUT2D eigenvalue weighted by Gasteiger charge is 2.11. The van der Waals surface area contributed by atoms with Gasteiger partial charge in [-0.1, -0.05) is 38.3 Å². The second-order valence-electron chi connectivity index (χ2n) is 5.37. The first-order valence-corrected chi connectivity index (χ1v) is 7.07. The van der Waals surface area contributed by atoms with Crippen LogP contribution in [0.5, 0.6) is 5.75 Å². The highest BCUT2D eigenvalue weighted by Crippen LogP contribution is 2.23. The van der Waals surface area contributed by atoms with Crippen LogP contribution < -0.4 is 5.32 Å². The number of halogens is 1. The molecule has 1 rings (SSSR count). The van der Waals surface area contributed by atoms with Gasteiger partial charge in [-0.3, -0.25) is 4.79 Å². The summed E-state index contributed by atoms with van der Waals surface area (Å²) in [5.41, 5.74) is 0.471. The van der Waals surface area contributed by atoms with Crippen molar-refractivity contribution in [3.05, 3.63) is 28.8 Å². The van der Waals surface area contributed by atoms with Gasteiger partial charge in [0.25, 0.3) is 5.91 Å². The zero-order chi connectivity index (χ0) is 14.4. The van der Waals surface area contributed by atoms with E-state index in [9.17, 15) is 9.90 Å². The quantitative estimate of drug-likeness (QED) is 0.829. The fraction of sp³-hybridized carbons (Fsp3) is 0.533. The minimum Gasteiger partial charge on any atom is -0.506 e. The van der Waals surface area contributed by atoms with E-state index >= 15 is 0 Å². The summed E-state index contributed by atoms with van der Waals surface area (Å²) in [5, 5.41) is 12.4. The average molecular weight is 284 g/mol. The van der Waals surface area contributed by atoms with Gasteiger partial charge in [0.1, 0.15) is 5.75 Å². The molecule has 0 bridgehead atoms. The van der Waals surface area contributed by atoms with E-state index in [1.807, 2.05) is 6.92 Å². The van der Waals surface area contributed by atoms with E-state index in [0.717, 1.165) is 12.8 Å². The van der Waals surface area contributed by atoms with E-state index in [4.69, 9.17) is 11.6 Å². The molecule has 1 aromatic rings. The van der Waals surface area contributed by atoms with Crippen molar-refractivity contribution in [2.24, 2.45) is 5.92 Å². The summed E-state index contributed by atoms with van der Waals surface area (Å²) in [7, 11) is 0. The SMILES string of the molecule is CC(C)CCC[C@@H](C)NC(=O)c1ccc(O)c(Cl)c1. The molecule has 0 aliphatic carbocycles. The van der Waals surface area contributed by atoms with Gasteiger partial charge in [0, 0.05) is 11.6 Å². The fourth-order valence-electron chi connectivity index (χ4n) is 1.86. The van der Waals surface area contributed by atoms with Crippen LogP contribution in [0.25, 0.3) is 0 Å². The molecule has 1 aromatic carbocycles. The van der Waals surface area contributed by atoms with Crippen LogP contribution in [0.15, 0.2) is 18.2 Å². The van der Waals surface area contributed by atoms with Crippen molar-refractivity contribution >= 4 is 17.5 Å². The molecule has 0 aliphatic heterocycles. The van der Waals surface area contributed by atoms with Crippen LogP contribution in [0.4, 0.5) is 0 Å². The highest BCUT2D eigenvalue weighted by molar-refractivity contribution is 6.32. The smallest absolute Gasteiger partial charge is 0.251 e. The first kappa shape index (κ1) is 15.8. The molecular weight excluding hydrogens is 262 g/mol. The third-order valence-corrected chi connectivity index (χ3v) is 3.31. The molecule has 0 saturated carbocycles. The zero-order valence-corrected chi connectivity index (χ0v) is 12.5. The molecule has 0 spiro atoms. The minimum absolute atomic E-state index is 0.0109. The summed E-state index contributed by atoms with van der Waals surface area (Å²) in [4.78, 5) is 12.0. The number of phenols is 1. The maximum Gasteiger partial charge on any atom is 0.251 e. The van der Waals surface area contributed by atoms with Crippen LogP contribution in [-0.2, 0) is 0 Å². The van der Waals surface area contributed by atoms with Gasteiger partial charge >= 0.3 is 0 Å². The Bertz CT molecular complexity index is 432. The monoisotopic (exact) mass is 283 g/mol. The standard InChI is InChI=1S/C15H22ClNO2/c1-10(2)5-4-6-11(3)17-15(19)12-7-8-14(18)13(16)9-12/h7-11,18H,4-6H2,1-3H3,(H,17,19)/t11-/m1/s1. The summed E-state index contributed by atoms with van der Waals surface area (Å²) >= 11 is 5.78. The van der Waals surface area contributed by atoms with Gasteiger partial charge in [-0.2, -0.15) is 0 Å². The molecule has 0 saturated heterocycles. The fourth-order valence-corrected chi connectivity index (χ4v) is 2.04. The van der Waals surface area contributed by atoms with Crippen molar-refractivity contribution in [1.29, 1.82) is 0 Å². The van der Waals surface area contributed by atoms with E-state index in [1.165, 1.54) is 18.6 Å². The lowest BCUT2D eigenvalue weighted by Crippen LogP contribution is -2.32. The van der Waals surface area contributed by atoms with E-state index in [1.54, 1.807) is 6.07 Å². The summed E-state index contributed by atoms with van der Waals surface area (Å²) < 4.78 is 0. The predicted octanol–water partition coefficient (Wildman–Crippen LogP) is 3.99. The molecule has 106 valence electrons. The van der Waals surface area contributed by atoms with E-state index in [2.05, 4.69) is 19.2 Å². The third kappa shape index (κ3) is 5.52. The molecule has 0 unspecified atom stereocenters. The van der Waals surface area contributed by atoms with E-state index in [0.29, 0.717) is 11.5 Å². The Labute approximate surface area is 120 Å². The van der Waals surface area contributed by atoms with Crippen molar-refractivity contribution in [2.75, 3.05) is 0 Å². The lowest BCUT2D eigenvalue weighted by atomic mass is 10.0. The van der Waals surface area contributed by atoms with Crippen LogP contribution in [0.3, 0.4) is 0 Å². The maximum atomic E-state index is 12.0. The molecule has 2 N–H and O–H groups in total. The van der Waals surface area contributed by atoms with Gasteiger partial charge in [-0.15, -0.1) is 0 Å².